The lowest BCUT2D eigenvalue weighted by molar-refractivity contribution is -0.123. The normalized spacial score (nSPS) is 12.4. The van der Waals surface area contributed by atoms with Crippen LogP contribution in [-0.4, -0.2) is 47.4 Å². The molecule has 0 aliphatic heterocycles. The van der Waals surface area contributed by atoms with E-state index in [-0.39, 0.29) is 18.3 Å². The first-order valence-electron chi connectivity index (χ1n) is 11.1. The van der Waals surface area contributed by atoms with Gasteiger partial charge in [-0.25, -0.2) is 9.78 Å². The van der Waals surface area contributed by atoms with E-state index in [0.717, 1.165) is 10.3 Å². The third-order valence-electron chi connectivity index (χ3n) is 5.06. The van der Waals surface area contributed by atoms with Gasteiger partial charge in [0.05, 0.1) is 16.3 Å². The Hall–Kier alpha value is -3.99. The highest BCUT2D eigenvalue weighted by Gasteiger charge is 2.27. The number of hydrogen-bond acceptors (Lipinski definition) is 7. The third-order valence-corrected chi connectivity index (χ3v) is 6.11. The van der Waals surface area contributed by atoms with Crippen LogP contribution in [0.1, 0.15) is 35.1 Å². The number of carbonyl (C=O) groups excluding carboxylic acids is 3. The molecule has 3 rings (SSSR count). The average molecular weight is 497 g/mol. The SMILES string of the molecule is C[C@@H](NC(=O)OCc1ccccc1)C(=O)N[C@@H](CCCNC(=N)N)C(=O)c1nc2ccccc2s1. The number of benzene rings is 2. The maximum atomic E-state index is 13.2. The van der Waals surface area contributed by atoms with E-state index in [1.165, 1.54) is 18.3 Å². The average Bonchev–Trinajstić information content (AvgIpc) is 3.29. The van der Waals surface area contributed by atoms with E-state index in [1.807, 2.05) is 54.6 Å². The molecule has 10 nitrogen and oxygen atoms in total. The molecule has 0 saturated heterocycles. The van der Waals surface area contributed by atoms with Crippen molar-refractivity contribution in [2.24, 2.45) is 5.73 Å². The molecule has 2 aromatic carbocycles. The summed E-state index contributed by atoms with van der Waals surface area (Å²) in [5, 5.41) is 15.4. The van der Waals surface area contributed by atoms with Crippen molar-refractivity contribution in [1.29, 1.82) is 5.41 Å². The van der Waals surface area contributed by atoms with Gasteiger partial charge >= 0.3 is 6.09 Å². The van der Waals surface area contributed by atoms with Gasteiger partial charge in [-0.1, -0.05) is 42.5 Å². The van der Waals surface area contributed by atoms with Gasteiger partial charge < -0.3 is 26.4 Å². The monoisotopic (exact) mass is 496 g/mol. The number of thiazole rings is 1. The van der Waals surface area contributed by atoms with Gasteiger partial charge in [0.25, 0.3) is 0 Å². The minimum absolute atomic E-state index is 0.0723. The minimum atomic E-state index is -0.931. The first-order chi connectivity index (χ1) is 16.8. The Morgan fingerprint density at radius 3 is 2.51 bits per heavy atom. The van der Waals surface area contributed by atoms with E-state index in [9.17, 15) is 14.4 Å². The molecular weight excluding hydrogens is 468 g/mol. The summed E-state index contributed by atoms with van der Waals surface area (Å²) in [5.74, 6) is -1.02. The molecule has 3 aromatic rings. The summed E-state index contributed by atoms with van der Waals surface area (Å²) >= 11 is 1.26. The summed E-state index contributed by atoms with van der Waals surface area (Å²) in [4.78, 5) is 42.5. The van der Waals surface area contributed by atoms with Crippen molar-refractivity contribution in [1.82, 2.24) is 20.9 Å². The van der Waals surface area contributed by atoms with E-state index in [4.69, 9.17) is 15.9 Å². The van der Waals surface area contributed by atoms with Crippen molar-refractivity contribution in [2.45, 2.75) is 38.5 Å². The zero-order valence-corrected chi connectivity index (χ0v) is 20.1. The molecule has 2 atom stereocenters. The summed E-state index contributed by atoms with van der Waals surface area (Å²) in [6.07, 6.45) is 0.0322. The van der Waals surface area contributed by atoms with Crippen molar-refractivity contribution >= 4 is 45.3 Å². The number of guanidine groups is 1. The summed E-state index contributed by atoms with van der Waals surface area (Å²) in [7, 11) is 0. The van der Waals surface area contributed by atoms with Crippen LogP contribution in [-0.2, 0) is 16.1 Å². The highest BCUT2D eigenvalue weighted by atomic mass is 32.1. The molecule has 0 bridgehead atoms. The van der Waals surface area contributed by atoms with Crippen LogP contribution in [0.2, 0.25) is 0 Å². The smallest absolute Gasteiger partial charge is 0.408 e. The molecule has 1 heterocycles. The molecular formula is C24H28N6O4S. The maximum Gasteiger partial charge on any atom is 0.408 e. The molecule has 11 heteroatoms. The second kappa shape index (κ2) is 12.5. The van der Waals surface area contributed by atoms with Crippen LogP contribution in [0.5, 0.6) is 0 Å². The Balaban J connectivity index is 1.61. The van der Waals surface area contributed by atoms with E-state index in [0.29, 0.717) is 29.9 Å². The van der Waals surface area contributed by atoms with Gasteiger partial charge in [-0.2, -0.15) is 0 Å². The molecule has 0 radical (unpaired) electrons. The number of Topliss-reactive ketones (excluding diaryl/α,β-unsaturated/α-hetero) is 1. The summed E-state index contributed by atoms with van der Waals surface area (Å²) in [6, 6.07) is 14.8. The van der Waals surface area contributed by atoms with Crippen LogP contribution in [0.3, 0.4) is 0 Å². The lowest BCUT2D eigenvalue weighted by Crippen LogP contribution is -2.50. The van der Waals surface area contributed by atoms with E-state index < -0.39 is 24.1 Å². The largest absolute Gasteiger partial charge is 0.445 e. The number of nitrogens with zero attached hydrogens (tertiary/aromatic N) is 1. The zero-order chi connectivity index (χ0) is 25.2. The number of ketones is 1. The molecule has 0 aliphatic rings. The Kier molecular flexibility index (Phi) is 9.13. The van der Waals surface area contributed by atoms with Crippen LogP contribution >= 0.6 is 11.3 Å². The predicted octanol–water partition coefficient (Wildman–Crippen LogP) is 2.54. The standard InChI is InChI=1S/C24H28N6O4S/c1-15(28-24(33)34-14-16-8-3-2-4-9-16)21(32)29-18(11-7-13-27-23(25)26)20(31)22-30-17-10-5-6-12-19(17)35-22/h2-6,8-10,12,15,18H,7,11,13-14H2,1H3,(H,28,33)(H,29,32)(H4,25,26,27)/t15-,18+/m1/s1. The van der Waals surface area contributed by atoms with Crippen molar-refractivity contribution in [2.75, 3.05) is 6.54 Å². The predicted molar refractivity (Wildman–Crippen MR) is 134 cm³/mol. The van der Waals surface area contributed by atoms with Crippen LogP contribution < -0.4 is 21.7 Å². The third kappa shape index (κ3) is 7.78. The molecule has 184 valence electrons. The van der Waals surface area contributed by atoms with Crippen LogP contribution in [0.15, 0.2) is 54.6 Å². The molecule has 0 unspecified atom stereocenters. The Morgan fingerprint density at radius 1 is 1.09 bits per heavy atom. The van der Waals surface area contributed by atoms with Crippen LogP contribution in [0, 0.1) is 5.41 Å². The van der Waals surface area contributed by atoms with E-state index >= 15 is 0 Å². The number of rotatable bonds is 11. The molecule has 0 saturated carbocycles. The molecule has 6 N–H and O–H groups in total. The quantitative estimate of drug-likeness (QED) is 0.118. The molecule has 2 amide bonds. The fraction of sp³-hybridized carbons (Fsp3) is 0.292. The second-order valence-corrected chi connectivity index (χ2v) is 8.85. The number of nitrogens with two attached hydrogens (primary N) is 1. The fourth-order valence-corrected chi connectivity index (χ4v) is 4.19. The highest BCUT2D eigenvalue weighted by molar-refractivity contribution is 7.20. The number of ether oxygens (including phenoxy) is 1. The van der Waals surface area contributed by atoms with Crippen molar-refractivity contribution in [3.05, 3.63) is 65.2 Å². The Labute approximate surface area is 206 Å². The van der Waals surface area contributed by atoms with Gasteiger partial charge in [0.15, 0.2) is 11.0 Å². The first-order valence-corrected chi connectivity index (χ1v) is 11.9. The van der Waals surface area contributed by atoms with Gasteiger partial charge in [-0.15, -0.1) is 11.3 Å². The number of fused-ring (bicyclic) bond motifs is 1. The number of amides is 2. The summed E-state index contributed by atoms with van der Waals surface area (Å²) < 4.78 is 6.03. The number of para-hydroxylation sites is 1. The van der Waals surface area contributed by atoms with Crippen molar-refractivity contribution in [3.8, 4) is 0 Å². The van der Waals surface area contributed by atoms with Gasteiger partial charge in [0, 0.05) is 6.54 Å². The number of alkyl carbamates (subject to hydrolysis) is 1. The summed E-state index contributed by atoms with van der Waals surface area (Å²) in [5.41, 5.74) is 6.84. The molecule has 0 fully saturated rings. The fourth-order valence-electron chi connectivity index (χ4n) is 3.23. The molecule has 1 aromatic heterocycles. The first kappa shape index (κ1) is 25.6. The maximum absolute atomic E-state index is 13.2. The number of carbonyl (C=O) groups is 3. The van der Waals surface area contributed by atoms with Crippen LogP contribution in [0.25, 0.3) is 10.2 Å². The molecule has 0 aliphatic carbocycles. The minimum Gasteiger partial charge on any atom is -0.445 e. The summed E-state index contributed by atoms with van der Waals surface area (Å²) in [6.45, 7) is 1.95. The Morgan fingerprint density at radius 2 is 1.80 bits per heavy atom. The number of hydrogen-bond donors (Lipinski definition) is 5. The van der Waals surface area contributed by atoms with E-state index in [2.05, 4.69) is 20.9 Å². The Bertz CT molecular complexity index is 1150. The van der Waals surface area contributed by atoms with Gasteiger partial charge in [0.1, 0.15) is 12.6 Å². The topological polar surface area (TPSA) is 159 Å². The van der Waals surface area contributed by atoms with E-state index in [1.54, 1.807) is 0 Å². The van der Waals surface area contributed by atoms with Crippen molar-refractivity contribution in [3.63, 3.8) is 0 Å². The van der Waals surface area contributed by atoms with Gasteiger partial charge in [-0.05, 0) is 37.5 Å². The highest BCUT2D eigenvalue weighted by Crippen LogP contribution is 2.23. The van der Waals surface area contributed by atoms with Crippen LogP contribution in [0.4, 0.5) is 4.79 Å². The molecule has 35 heavy (non-hydrogen) atoms. The lowest BCUT2D eigenvalue weighted by Gasteiger charge is -2.20. The van der Waals surface area contributed by atoms with Gasteiger partial charge in [-0.3, -0.25) is 15.0 Å². The van der Waals surface area contributed by atoms with Gasteiger partial charge in [0.2, 0.25) is 11.7 Å². The van der Waals surface area contributed by atoms with Crippen molar-refractivity contribution < 1.29 is 19.1 Å². The zero-order valence-electron chi connectivity index (χ0n) is 19.2. The number of aromatic nitrogens is 1. The second-order valence-electron chi connectivity index (χ2n) is 7.82. The lowest BCUT2D eigenvalue weighted by atomic mass is 10.1. The number of nitrogens with one attached hydrogen (secondary N) is 4. The molecule has 0 spiro atoms.